The van der Waals surface area contributed by atoms with Gasteiger partial charge in [0.15, 0.2) is 5.78 Å². The first kappa shape index (κ1) is 13.6. The van der Waals surface area contributed by atoms with Crippen molar-refractivity contribution in [2.45, 2.75) is 45.4 Å². The van der Waals surface area contributed by atoms with Gasteiger partial charge in [0.25, 0.3) is 0 Å². The Balaban J connectivity index is 0.000000181. The molecule has 2 heteroatoms. The number of carbonyl (C=O) groups excluding carboxylic acids is 2. The molecule has 0 amide bonds. The number of ketones is 2. The van der Waals surface area contributed by atoms with E-state index in [1.54, 1.807) is 0 Å². The van der Waals surface area contributed by atoms with Crippen molar-refractivity contribution in [2.24, 2.45) is 0 Å². The predicted octanol–water partition coefficient (Wildman–Crippen LogP) is 3.80. The van der Waals surface area contributed by atoms with E-state index in [4.69, 9.17) is 0 Å². The van der Waals surface area contributed by atoms with Gasteiger partial charge in [-0.1, -0.05) is 43.7 Å². The molecule has 2 nitrogen and oxygen atoms in total. The van der Waals surface area contributed by atoms with Gasteiger partial charge in [-0.25, -0.2) is 0 Å². The van der Waals surface area contributed by atoms with E-state index in [2.05, 4.69) is 0 Å². The normalized spacial score (nSPS) is 14.8. The molecule has 1 saturated carbocycles. The molecule has 1 aromatic carbocycles. The van der Waals surface area contributed by atoms with Gasteiger partial charge in [-0.3, -0.25) is 9.59 Å². The molecule has 0 bridgehead atoms. The zero-order chi connectivity index (χ0) is 12.5. The molecule has 0 spiro atoms. The number of rotatable bonds is 2. The van der Waals surface area contributed by atoms with Gasteiger partial charge in [0.1, 0.15) is 5.78 Å². The van der Waals surface area contributed by atoms with Crippen LogP contribution in [0.5, 0.6) is 0 Å². The van der Waals surface area contributed by atoms with E-state index in [1.165, 1.54) is 6.42 Å². The second-order valence-electron chi connectivity index (χ2n) is 4.24. The largest absolute Gasteiger partial charge is 0.300 e. The van der Waals surface area contributed by atoms with E-state index in [1.807, 2.05) is 37.3 Å². The van der Waals surface area contributed by atoms with Crippen molar-refractivity contribution in [2.75, 3.05) is 0 Å². The first-order valence-electron chi connectivity index (χ1n) is 6.34. The van der Waals surface area contributed by atoms with E-state index >= 15 is 0 Å². The summed E-state index contributed by atoms with van der Waals surface area (Å²) in [7, 11) is 0. The van der Waals surface area contributed by atoms with Crippen molar-refractivity contribution < 1.29 is 9.59 Å². The van der Waals surface area contributed by atoms with Crippen LogP contribution in [-0.2, 0) is 4.79 Å². The summed E-state index contributed by atoms with van der Waals surface area (Å²) in [5.74, 6) is 0.673. The Labute approximate surface area is 103 Å². The monoisotopic (exact) mass is 232 g/mol. The third-order valence-electron chi connectivity index (χ3n) is 2.83. The van der Waals surface area contributed by atoms with Crippen LogP contribution in [0.2, 0.25) is 0 Å². The van der Waals surface area contributed by atoms with Crippen LogP contribution in [0, 0.1) is 0 Å². The fourth-order valence-corrected chi connectivity index (χ4v) is 1.77. The van der Waals surface area contributed by atoms with Gasteiger partial charge < -0.3 is 0 Å². The predicted molar refractivity (Wildman–Crippen MR) is 69.2 cm³/mol. The molecule has 17 heavy (non-hydrogen) atoms. The molecule has 0 radical (unpaired) electrons. The standard InChI is InChI=1S/C9H10O.C6H10O/c1-2-9(10)8-6-4-3-5-7-8;7-6-4-2-1-3-5-6/h3-7H,2H2,1H3;1-5H2. The van der Waals surface area contributed by atoms with Gasteiger partial charge in [0.2, 0.25) is 0 Å². The highest BCUT2D eigenvalue weighted by Gasteiger charge is 2.06. The van der Waals surface area contributed by atoms with Crippen molar-refractivity contribution in [3.63, 3.8) is 0 Å². The fourth-order valence-electron chi connectivity index (χ4n) is 1.77. The molecule has 0 N–H and O–H groups in total. The lowest BCUT2D eigenvalue weighted by molar-refractivity contribution is -0.120. The van der Waals surface area contributed by atoms with E-state index in [-0.39, 0.29) is 5.78 Å². The van der Waals surface area contributed by atoms with Gasteiger partial charge in [-0.2, -0.15) is 0 Å². The van der Waals surface area contributed by atoms with Crippen molar-refractivity contribution in [1.82, 2.24) is 0 Å². The average molecular weight is 232 g/mol. The van der Waals surface area contributed by atoms with Gasteiger partial charge in [-0.15, -0.1) is 0 Å². The summed E-state index contributed by atoms with van der Waals surface area (Å²) in [6.07, 6.45) is 5.83. The summed E-state index contributed by atoms with van der Waals surface area (Å²) < 4.78 is 0. The summed E-state index contributed by atoms with van der Waals surface area (Å²) >= 11 is 0. The third-order valence-corrected chi connectivity index (χ3v) is 2.83. The fraction of sp³-hybridized carbons (Fsp3) is 0.467. The summed E-state index contributed by atoms with van der Waals surface area (Å²) in [5.41, 5.74) is 0.810. The van der Waals surface area contributed by atoms with Crippen LogP contribution < -0.4 is 0 Å². The zero-order valence-corrected chi connectivity index (χ0v) is 10.4. The van der Waals surface area contributed by atoms with Crippen LogP contribution in [0.4, 0.5) is 0 Å². The Morgan fingerprint density at radius 2 is 1.65 bits per heavy atom. The average Bonchev–Trinajstić information content (AvgIpc) is 2.40. The van der Waals surface area contributed by atoms with Crippen LogP contribution in [0.15, 0.2) is 30.3 Å². The third kappa shape index (κ3) is 5.43. The maximum Gasteiger partial charge on any atom is 0.162 e. The van der Waals surface area contributed by atoms with Crippen molar-refractivity contribution in [1.29, 1.82) is 0 Å². The van der Waals surface area contributed by atoms with Gasteiger partial charge in [0, 0.05) is 24.8 Å². The maximum absolute atomic E-state index is 11.0. The summed E-state index contributed by atoms with van der Waals surface area (Å²) in [5, 5.41) is 0. The van der Waals surface area contributed by atoms with Crippen LogP contribution >= 0.6 is 0 Å². The van der Waals surface area contributed by atoms with E-state index in [9.17, 15) is 9.59 Å². The number of carbonyl (C=O) groups is 2. The van der Waals surface area contributed by atoms with Gasteiger partial charge in [-0.05, 0) is 12.8 Å². The van der Waals surface area contributed by atoms with Crippen LogP contribution in [0.25, 0.3) is 0 Å². The SMILES string of the molecule is CCC(=O)c1ccccc1.O=C1CCCCC1. The minimum absolute atomic E-state index is 0.209. The molecule has 0 aromatic heterocycles. The van der Waals surface area contributed by atoms with Gasteiger partial charge >= 0.3 is 0 Å². The smallest absolute Gasteiger partial charge is 0.162 e. The minimum Gasteiger partial charge on any atom is -0.300 e. The second kappa shape index (κ2) is 7.77. The van der Waals surface area contributed by atoms with Crippen LogP contribution in [0.1, 0.15) is 55.8 Å². The molecule has 0 heterocycles. The van der Waals surface area contributed by atoms with Crippen molar-refractivity contribution >= 4 is 11.6 Å². The number of benzene rings is 1. The molecular formula is C15H20O2. The van der Waals surface area contributed by atoms with E-state index in [0.717, 1.165) is 31.2 Å². The van der Waals surface area contributed by atoms with E-state index < -0.39 is 0 Å². The molecule has 1 fully saturated rings. The molecule has 92 valence electrons. The topological polar surface area (TPSA) is 34.1 Å². The second-order valence-corrected chi connectivity index (χ2v) is 4.24. The number of Topliss-reactive ketones (excluding diaryl/α,β-unsaturated/α-hetero) is 2. The molecule has 0 aliphatic heterocycles. The molecule has 1 aliphatic rings. The zero-order valence-electron chi connectivity index (χ0n) is 10.4. The highest BCUT2D eigenvalue weighted by molar-refractivity contribution is 5.95. The Kier molecular flexibility index (Phi) is 6.23. The first-order valence-corrected chi connectivity index (χ1v) is 6.34. The Morgan fingerprint density at radius 3 is 2.06 bits per heavy atom. The molecule has 1 aromatic rings. The lowest BCUT2D eigenvalue weighted by atomic mass is 10.00. The molecule has 1 aliphatic carbocycles. The van der Waals surface area contributed by atoms with Crippen molar-refractivity contribution in [3.05, 3.63) is 35.9 Å². The van der Waals surface area contributed by atoms with Gasteiger partial charge in [0.05, 0.1) is 0 Å². The number of hydrogen-bond acceptors (Lipinski definition) is 2. The van der Waals surface area contributed by atoms with Crippen LogP contribution in [0.3, 0.4) is 0 Å². The Bertz CT molecular complexity index is 346. The van der Waals surface area contributed by atoms with Crippen LogP contribution in [-0.4, -0.2) is 11.6 Å². The molecular weight excluding hydrogens is 212 g/mol. The maximum atomic E-state index is 11.0. The summed E-state index contributed by atoms with van der Waals surface area (Å²) in [6, 6.07) is 9.34. The summed E-state index contributed by atoms with van der Waals surface area (Å²) in [4.78, 5) is 21.5. The first-order chi connectivity index (χ1) is 8.24. The summed E-state index contributed by atoms with van der Waals surface area (Å²) in [6.45, 7) is 1.87. The molecule has 0 unspecified atom stereocenters. The lowest BCUT2D eigenvalue weighted by Gasteiger charge is -2.05. The molecule has 2 rings (SSSR count). The highest BCUT2D eigenvalue weighted by Crippen LogP contribution is 2.12. The minimum atomic E-state index is 0.209. The Morgan fingerprint density at radius 1 is 1.06 bits per heavy atom. The Hall–Kier alpha value is -1.44. The molecule has 0 atom stereocenters. The number of hydrogen-bond donors (Lipinski definition) is 0. The molecule has 0 saturated heterocycles. The van der Waals surface area contributed by atoms with E-state index in [0.29, 0.717) is 12.2 Å². The highest BCUT2D eigenvalue weighted by atomic mass is 16.1. The van der Waals surface area contributed by atoms with Crippen molar-refractivity contribution in [3.8, 4) is 0 Å². The quantitative estimate of drug-likeness (QED) is 0.727. The lowest BCUT2D eigenvalue weighted by Crippen LogP contribution is -2.02.